The normalized spacial score (nSPS) is 26.2. The van der Waals surface area contributed by atoms with Crippen LogP contribution in [0.2, 0.25) is 0 Å². The number of hydrogen-bond donors (Lipinski definition) is 1. The zero-order valence-electron chi connectivity index (χ0n) is 13.3. The second-order valence-corrected chi connectivity index (χ2v) is 7.08. The standard InChI is InChI=1S/C17H20N4O2S/c22-16(13-3-7-24-11-13)20-8-15-14-9-21(6-2-12(14)10-23-15)17-18-4-1-5-19-17/h1,3-5,7,11-12,14-15H,2,6,8-10H2,(H,20,22)/t12-,14-,15+/m1/s1. The molecule has 0 aliphatic carbocycles. The van der Waals surface area contributed by atoms with Crippen LogP contribution in [0.5, 0.6) is 0 Å². The molecule has 2 fully saturated rings. The number of fused-ring (bicyclic) bond motifs is 1. The SMILES string of the molecule is O=C(NC[C@@H]1OC[C@H]2CCN(c3ncccn3)C[C@H]21)c1ccsc1. The van der Waals surface area contributed by atoms with E-state index in [1.165, 1.54) is 11.3 Å². The summed E-state index contributed by atoms with van der Waals surface area (Å²) >= 11 is 1.53. The summed E-state index contributed by atoms with van der Waals surface area (Å²) in [4.78, 5) is 23.1. The highest BCUT2D eigenvalue weighted by molar-refractivity contribution is 7.08. The highest BCUT2D eigenvalue weighted by atomic mass is 32.1. The smallest absolute Gasteiger partial charge is 0.252 e. The molecular weight excluding hydrogens is 324 g/mol. The summed E-state index contributed by atoms with van der Waals surface area (Å²) in [5, 5.41) is 6.78. The quantitative estimate of drug-likeness (QED) is 0.916. The summed E-state index contributed by atoms with van der Waals surface area (Å²) in [5.74, 6) is 1.73. The Morgan fingerprint density at radius 2 is 2.29 bits per heavy atom. The highest BCUT2D eigenvalue weighted by Gasteiger charge is 2.41. The van der Waals surface area contributed by atoms with E-state index in [2.05, 4.69) is 20.2 Å². The third-order valence-electron chi connectivity index (χ3n) is 4.89. The molecule has 3 atom stereocenters. The molecule has 4 heterocycles. The van der Waals surface area contributed by atoms with E-state index < -0.39 is 0 Å². The van der Waals surface area contributed by atoms with Crippen LogP contribution in [0.1, 0.15) is 16.8 Å². The van der Waals surface area contributed by atoms with E-state index in [0.717, 1.165) is 37.6 Å². The summed E-state index contributed by atoms with van der Waals surface area (Å²) in [7, 11) is 0. The van der Waals surface area contributed by atoms with Crippen LogP contribution in [0.4, 0.5) is 5.95 Å². The van der Waals surface area contributed by atoms with Gasteiger partial charge in [0, 0.05) is 48.9 Å². The average molecular weight is 344 g/mol. The number of anilines is 1. The number of hydrogen-bond acceptors (Lipinski definition) is 6. The van der Waals surface area contributed by atoms with Crippen molar-refractivity contribution in [3.05, 3.63) is 40.8 Å². The lowest BCUT2D eigenvalue weighted by molar-refractivity contribution is 0.0783. The Bertz CT molecular complexity index is 679. The summed E-state index contributed by atoms with van der Waals surface area (Å²) in [5.41, 5.74) is 0.720. The Morgan fingerprint density at radius 1 is 1.42 bits per heavy atom. The van der Waals surface area contributed by atoms with Crippen molar-refractivity contribution in [2.24, 2.45) is 11.8 Å². The van der Waals surface area contributed by atoms with Gasteiger partial charge in [-0.1, -0.05) is 0 Å². The van der Waals surface area contributed by atoms with Crippen LogP contribution in [0.3, 0.4) is 0 Å². The van der Waals surface area contributed by atoms with Crippen molar-refractivity contribution in [2.45, 2.75) is 12.5 Å². The van der Waals surface area contributed by atoms with Gasteiger partial charge in [0.05, 0.1) is 12.7 Å². The van der Waals surface area contributed by atoms with Gasteiger partial charge in [0.15, 0.2) is 0 Å². The Morgan fingerprint density at radius 3 is 3.08 bits per heavy atom. The second kappa shape index (κ2) is 6.86. The predicted molar refractivity (Wildman–Crippen MR) is 92.2 cm³/mol. The monoisotopic (exact) mass is 344 g/mol. The summed E-state index contributed by atoms with van der Waals surface area (Å²) in [6.07, 6.45) is 4.69. The highest BCUT2D eigenvalue weighted by Crippen LogP contribution is 2.34. The molecule has 24 heavy (non-hydrogen) atoms. The van der Waals surface area contributed by atoms with Crippen LogP contribution in [0.25, 0.3) is 0 Å². The minimum Gasteiger partial charge on any atom is -0.376 e. The molecule has 126 valence electrons. The average Bonchev–Trinajstić information content (AvgIpc) is 3.30. The van der Waals surface area contributed by atoms with Crippen molar-refractivity contribution < 1.29 is 9.53 Å². The number of carbonyl (C=O) groups excluding carboxylic acids is 1. The van der Waals surface area contributed by atoms with Crippen molar-refractivity contribution in [3.8, 4) is 0 Å². The fourth-order valence-electron chi connectivity index (χ4n) is 3.56. The number of aromatic nitrogens is 2. The minimum absolute atomic E-state index is 0.0256. The first kappa shape index (κ1) is 15.5. The van der Waals surface area contributed by atoms with E-state index in [4.69, 9.17) is 4.74 Å². The number of nitrogens with zero attached hydrogens (tertiary/aromatic N) is 3. The number of rotatable bonds is 4. The third-order valence-corrected chi connectivity index (χ3v) is 5.57. The van der Waals surface area contributed by atoms with Crippen LogP contribution >= 0.6 is 11.3 Å². The molecule has 7 heteroatoms. The summed E-state index contributed by atoms with van der Waals surface area (Å²) < 4.78 is 5.97. The van der Waals surface area contributed by atoms with Crippen LogP contribution < -0.4 is 10.2 Å². The van der Waals surface area contributed by atoms with Gasteiger partial charge in [0.1, 0.15) is 0 Å². The predicted octanol–water partition coefficient (Wildman–Crippen LogP) is 1.81. The molecule has 0 spiro atoms. The maximum absolute atomic E-state index is 12.1. The first-order valence-electron chi connectivity index (χ1n) is 8.25. The number of carbonyl (C=O) groups is 1. The molecule has 6 nitrogen and oxygen atoms in total. The largest absolute Gasteiger partial charge is 0.376 e. The lowest BCUT2D eigenvalue weighted by atomic mass is 9.84. The molecule has 0 unspecified atom stereocenters. The first-order valence-corrected chi connectivity index (χ1v) is 9.19. The maximum Gasteiger partial charge on any atom is 0.252 e. The third kappa shape index (κ3) is 3.14. The summed E-state index contributed by atoms with van der Waals surface area (Å²) in [6.45, 7) is 3.18. The van der Waals surface area contributed by atoms with Gasteiger partial charge in [-0.2, -0.15) is 11.3 Å². The lowest BCUT2D eigenvalue weighted by Gasteiger charge is -2.36. The molecular formula is C17H20N4O2S. The Labute approximate surface area is 144 Å². The number of piperidine rings is 1. The van der Waals surface area contributed by atoms with Crippen LogP contribution in [0.15, 0.2) is 35.3 Å². The van der Waals surface area contributed by atoms with Crippen LogP contribution in [-0.2, 0) is 4.74 Å². The van der Waals surface area contributed by atoms with Crippen LogP contribution in [0, 0.1) is 11.8 Å². The molecule has 2 aromatic rings. The van der Waals surface area contributed by atoms with E-state index in [0.29, 0.717) is 18.4 Å². The van der Waals surface area contributed by atoms with E-state index in [-0.39, 0.29) is 12.0 Å². The van der Waals surface area contributed by atoms with E-state index in [1.807, 2.05) is 22.9 Å². The number of thiophene rings is 1. The maximum atomic E-state index is 12.1. The molecule has 1 amide bonds. The fourth-order valence-corrected chi connectivity index (χ4v) is 4.20. The van der Waals surface area contributed by atoms with Gasteiger partial charge >= 0.3 is 0 Å². The van der Waals surface area contributed by atoms with E-state index >= 15 is 0 Å². The zero-order chi connectivity index (χ0) is 16.4. The second-order valence-electron chi connectivity index (χ2n) is 6.30. The van der Waals surface area contributed by atoms with Crippen molar-refractivity contribution in [2.75, 3.05) is 31.1 Å². The van der Waals surface area contributed by atoms with E-state index in [1.54, 1.807) is 12.4 Å². The van der Waals surface area contributed by atoms with E-state index in [9.17, 15) is 4.79 Å². The van der Waals surface area contributed by atoms with Gasteiger partial charge in [0.2, 0.25) is 5.95 Å². The van der Waals surface area contributed by atoms with Gasteiger partial charge < -0.3 is 15.0 Å². The van der Waals surface area contributed by atoms with Crippen LogP contribution in [-0.4, -0.2) is 48.2 Å². The zero-order valence-corrected chi connectivity index (χ0v) is 14.1. The topological polar surface area (TPSA) is 67.3 Å². The Kier molecular flexibility index (Phi) is 4.44. The van der Waals surface area contributed by atoms with Gasteiger partial charge in [-0.15, -0.1) is 0 Å². The minimum atomic E-state index is -0.0256. The van der Waals surface area contributed by atoms with Gasteiger partial charge in [-0.05, 0) is 29.9 Å². The molecule has 4 rings (SSSR count). The fraction of sp³-hybridized carbons (Fsp3) is 0.471. The number of amides is 1. The molecule has 2 aromatic heterocycles. The van der Waals surface area contributed by atoms with Crippen molar-refractivity contribution in [1.29, 1.82) is 0 Å². The molecule has 2 aliphatic heterocycles. The van der Waals surface area contributed by atoms with Crippen molar-refractivity contribution in [3.63, 3.8) is 0 Å². The van der Waals surface area contributed by atoms with Gasteiger partial charge in [0.25, 0.3) is 5.91 Å². The van der Waals surface area contributed by atoms with Gasteiger partial charge in [-0.25, -0.2) is 9.97 Å². The molecule has 0 bridgehead atoms. The molecule has 1 N–H and O–H groups in total. The molecule has 0 aromatic carbocycles. The molecule has 0 saturated carbocycles. The molecule has 0 radical (unpaired) electrons. The molecule has 2 aliphatic rings. The lowest BCUT2D eigenvalue weighted by Crippen LogP contribution is -2.46. The van der Waals surface area contributed by atoms with Crippen molar-refractivity contribution >= 4 is 23.2 Å². The van der Waals surface area contributed by atoms with Crippen molar-refractivity contribution in [1.82, 2.24) is 15.3 Å². The molecule has 2 saturated heterocycles. The Hall–Kier alpha value is -1.99. The van der Waals surface area contributed by atoms with Gasteiger partial charge in [-0.3, -0.25) is 4.79 Å². The number of nitrogens with one attached hydrogen (secondary N) is 1. The summed E-state index contributed by atoms with van der Waals surface area (Å²) in [6, 6.07) is 3.67. The first-order chi connectivity index (χ1) is 11.8. The number of ether oxygens (including phenoxy) is 1. The Balaban J connectivity index is 1.38.